The van der Waals surface area contributed by atoms with E-state index in [4.69, 9.17) is 4.98 Å². The molecule has 9 nitrogen and oxygen atoms in total. The van der Waals surface area contributed by atoms with Crippen molar-refractivity contribution in [3.05, 3.63) is 88.0 Å². The molecule has 0 bridgehead atoms. The van der Waals surface area contributed by atoms with Gasteiger partial charge in [-0.1, -0.05) is 13.0 Å². The molecule has 10 heteroatoms. The second kappa shape index (κ2) is 10.4. The van der Waals surface area contributed by atoms with Crippen LogP contribution in [0.4, 0.5) is 11.4 Å². The smallest absolute Gasteiger partial charge is 0.269 e. The third kappa shape index (κ3) is 4.90. The largest absolute Gasteiger partial charge is 0.323 e. The van der Waals surface area contributed by atoms with Crippen LogP contribution in [0.15, 0.2) is 66.7 Å². The Labute approximate surface area is 228 Å². The average molecular weight is 543 g/mol. The van der Waals surface area contributed by atoms with Crippen LogP contribution in [0, 0.1) is 17.0 Å². The molecule has 0 saturated carbocycles. The number of carbonyl (C=O) groups is 3. The molecule has 3 amide bonds. The van der Waals surface area contributed by atoms with Crippen LogP contribution in [0.25, 0.3) is 20.8 Å². The highest BCUT2D eigenvalue weighted by molar-refractivity contribution is 7.21. The molecule has 0 spiro atoms. The number of nitrogens with zero attached hydrogens (tertiary/aromatic N) is 4. The van der Waals surface area contributed by atoms with Crippen LogP contribution in [-0.2, 0) is 9.59 Å². The molecular formula is C29H26N4O5S. The van der Waals surface area contributed by atoms with E-state index in [1.165, 1.54) is 29.2 Å². The van der Waals surface area contributed by atoms with Gasteiger partial charge in [0.25, 0.3) is 17.5 Å². The maximum atomic E-state index is 13.6. The number of benzene rings is 3. The van der Waals surface area contributed by atoms with E-state index in [9.17, 15) is 24.5 Å². The molecule has 1 aromatic heterocycles. The van der Waals surface area contributed by atoms with Gasteiger partial charge in [-0.2, -0.15) is 0 Å². The monoisotopic (exact) mass is 542 g/mol. The van der Waals surface area contributed by atoms with Crippen molar-refractivity contribution in [3.8, 4) is 10.6 Å². The Morgan fingerprint density at radius 2 is 1.82 bits per heavy atom. The van der Waals surface area contributed by atoms with Crippen molar-refractivity contribution >= 4 is 50.6 Å². The molecule has 2 unspecified atom stereocenters. The fraction of sp³-hybridized carbons (Fsp3) is 0.241. The summed E-state index contributed by atoms with van der Waals surface area (Å²) in [6, 6.07) is 17.2. The van der Waals surface area contributed by atoms with Gasteiger partial charge in [0.1, 0.15) is 11.0 Å². The predicted octanol–water partition coefficient (Wildman–Crippen LogP) is 5.75. The Bertz CT molecular complexity index is 1600. The Balaban J connectivity index is 1.40. The van der Waals surface area contributed by atoms with E-state index < -0.39 is 28.7 Å². The maximum absolute atomic E-state index is 13.6. The molecule has 1 aliphatic heterocycles. The number of amides is 3. The average Bonchev–Trinajstić information content (AvgIpc) is 3.48. The van der Waals surface area contributed by atoms with E-state index in [0.717, 1.165) is 31.3 Å². The number of rotatable bonds is 7. The number of aryl methyl sites for hydroxylation is 1. The second-order valence-electron chi connectivity index (χ2n) is 9.60. The molecule has 0 aliphatic carbocycles. The summed E-state index contributed by atoms with van der Waals surface area (Å²) in [4.78, 5) is 57.8. The third-order valence-electron chi connectivity index (χ3n) is 7.00. The van der Waals surface area contributed by atoms with E-state index >= 15 is 0 Å². The molecule has 39 heavy (non-hydrogen) atoms. The molecule has 198 valence electrons. The van der Waals surface area contributed by atoms with Gasteiger partial charge in [0.15, 0.2) is 0 Å². The maximum Gasteiger partial charge on any atom is 0.269 e. The van der Waals surface area contributed by atoms with Crippen LogP contribution in [0.5, 0.6) is 0 Å². The first-order valence-corrected chi connectivity index (χ1v) is 13.4. The molecule has 0 radical (unpaired) electrons. The number of non-ortho nitro benzene ring substituents is 1. The summed E-state index contributed by atoms with van der Waals surface area (Å²) in [5, 5.41) is 11.8. The Hall–Kier alpha value is -4.44. The molecule has 5 rings (SSSR count). The molecule has 1 saturated heterocycles. The number of thiazole rings is 1. The molecule has 2 atom stereocenters. The summed E-state index contributed by atoms with van der Waals surface area (Å²) in [7, 11) is 0. The first kappa shape index (κ1) is 26.2. The van der Waals surface area contributed by atoms with Crippen molar-refractivity contribution in [1.29, 1.82) is 0 Å². The summed E-state index contributed by atoms with van der Waals surface area (Å²) in [6.45, 7) is 5.74. The van der Waals surface area contributed by atoms with Gasteiger partial charge in [0.05, 0.1) is 27.2 Å². The zero-order valence-electron chi connectivity index (χ0n) is 21.7. The van der Waals surface area contributed by atoms with Gasteiger partial charge < -0.3 is 4.90 Å². The number of fused-ring (bicyclic) bond motifs is 1. The summed E-state index contributed by atoms with van der Waals surface area (Å²) in [6.07, 6.45) is 0.425. The van der Waals surface area contributed by atoms with Gasteiger partial charge in [-0.05, 0) is 74.4 Å². The molecule has 0 N–H and O–H groups in total. The van der Waals surface area contributed by atoms with Crippen LogP contribution in [0.2, 0.25) is 0 Å². The van der Waals surface area contributed by atoms with Crippen LogP contribution in [0.3, 0.4) is 0 Å². The number of hydrogen-bond donors (Lipinski definition) is 0. The van der Waals surface area contributed by atoms with Crippen molar-refractivity contribution in [2.24, 2.45) is 0 Å². The zero-order chi connectivity index (χ0) is 27.8. The van der Waals surface area contributed by atoms with E-state index in [1.807, 2.05) is 45.0 Å². The first-order chi connectivity index (χ1) is 18.7. The minimum atomic E-state index is -0.970. The van der Waals surface area contributed by atoms with E-state index in [1.54, 1.807) is 23.5 Å². The Morgan fingerprint density at radius 1 is 1.13 bits per heavy atom. The lowest BCUT2D eigenvalue weighted by Gasteiger charge is -2.33. The fourth-order valence-corrected chi connectivity index (χ4v) is 5.80. The predicted molar refractivity (Wildman–Crippen MR) is 150 cm³/mol. The van der Waals surface area contributed by atoms with Crippen LogP contribution in [0.1, 0.15) is 42.6 Å². The van der Waals surface area contributed by atoms with Gasteiger partial charge in [0, 0.05) is 29.3 Å². The lowest BCUT2D eigenvalue weighted by Crippen LogP contribution is -2.49. The molecule has 2 heterocycles. The number of imide groups is 1. The van der Waals surface area contributed by atoms with Crippen molar-refractivity contribution in [2.45, 2.75) is 45.7 Å². The lowest BCUT2D eigenvalue weighted by atomic mass is 10.1. The minimum absolute atomic E-state index is 0.135. The third-order valence-corrected chi connectivity index (χ3v) is 8.07. The van der Waals surface area contributed by atoms with Gasteiger partial charge in [0.2, 0.25) is 5.91 Å². The summed E-state index contributed by atoms with van der Waals surface area (Å²) in [5.41, 5.74) is 3.47. The van der Waals surface area contributed by atoms with Crippen LogP contribution < -0.4 is 4.90 Å². The number of carbonyl (C=O) groups excluding carboxylic acids is 3. The Kier molecular flexibility index (Phi) is 6.96. The molecule has 1 aliphatic rings. The molecule has 3 aromatic carbocycles. The first-order valence-electron chi connectivity index (χ1n) is 12.6. The quantitative estimate of drug-likeness (QED) is 0.167. The highest BCUT2D eigenvalue weighted by atomic mass is 32.1. The lowest BCUT2D eigenvalue weighted by molar-refractivity contribution is -0.384. The number of nitro benzene ring substituents is 1. The highest BCUT2D eigenvalue weighted by Gasteiger charge is 2.45. The normalized spacial score (nSPS) is 16.1. The van der Waals surface area contributed by atoms with Crippen molar-refractivity contribution < 1.29 is 19.3 Å². The van der Waals surface area contributed by atoms with Gasteiger partial charge in [-0.25, -0.2) is 9.88 Å². The minimum Gasteiger partial charge on any atom is -0.323 e. The van der Waals surface area contributed by atoms with E-state index in [-0.39, 0.29) is 23.7 Å². The number of hydrogen-bond acceptors (Lipinski definition) is 7. The summed E-state index contributed by atoms with van der Waals surface area (Å²) in [5.74, 6) is -1.31. The number of anilines is 1. The van der Waals surface area contributed by atoms with Gasteiger partial charge in [-0.15, -0.1) is 11.3 Å². The summed E-state index contributed by atoms with van der Waals surface area (Å²) >= 11 is 1.58. The summed E-state index contributed by atoms with van der Waals surface area (Å²) < 4.78 is 1.09. The molecule has 4 aromatic rings. The standard InChI is InChI=1S/C29H26N4O5S/c1-4-18(3)31(28(35)20-8-12-22(13-9-20)33(37)38)24-16-26(34)32(29(24)36)21-10-6-19(7-11-21)27-30-23-14-5-17(2)15-25(23)39-27/h5-15,18,24H,4,16H2,1-3H3. The van der Waals surface area contributed by atoms with E-state index in [2.05, 4.69) is 6.07 Å². The van der Waals surface area contributed by atoms with Crippen LogP contribution in [-0.4, -0.2) is 44.6 Å². The number of aromatic nitrogens is 1. The van der Waals surface area contributed by atoms with Crippen LogP contribution >= 0.6 is 11.3 Å². The Morgan fingerprint density at radius 3 is 2.46 bits per heavy atom. The topological polar surface area (TPSA) is 114 Å². The second-order valence-corrected chi connectivity index (χ2v) is 10.6. The van der Waals surface area contributed by atoms with Crippen molar-refractivity contribution in [3.63, 3.8) is 0 Å². The zero-order valence-corrected chi connectivity index (χ0v) is 22.5. The SMILES string of the molecule is CCC(C)N(C(=O)c1ccc([N+](=O)[O-])cc1)C1CC(=O)N(c2ccc(-c3nc4ccc(C)cc4s3)cc2)C1=O. The highest BCUT2D eigenvalue weighted by Crippen LogP contribution is 2.34. The van der Waals surface area contributed by atoms with Crippen molar-refractivity contribution in [2.75, 3.05) is 4.90 Å². The molecular weight excluding hydrogens is 516 g/mol. The van der Waals surface area contributed by atoms with E-state index in [0.29, 0.717) is 12.1 Å². The van der Waals surface area contributed by atoms with Crippen molar-refractivity contribution in [1.82, 2.24) is 9.88 Å². The molecule has 1 fully saturated rings. The van der Waals surface area contributed by atoms with Gasteiger partial charge >= 0.3 is 0 Å². The fourth-order valence-electron chi connectivity index (χ4n) is 4.73. The van der Waals surface area contributed by atoms with Gasteiger partial charge in [-0.3, -0.25) is 24.5 Å². The number of nitro groups is 1.